The van der Waals surface area contributed by atoms with Crippen LogP contribution in [0.5, 0.6) is 5.75 Å². The van der Waals surface area contributed by atoms with Gasteiger partial charge in [0, 0.05) is 61.8 Å². The van der Waals surface area contributed by atoms with Crippen LogP contribution in [0.4, 0.5) is 16.2 Å². The van der Waals surface area contributed by atoms with Crippen molar-refractivity contribution < 1.29 is 24.9 Å². The number of hydrogen-bond donors (Lipinski definition) is 6. The summed E-state index contributed by atoms with van der Waals surface area (Å²) >= 11 is 0. The Morgan fingerprint density at radius 1 is 0.887 bits per heavy atom. The van der Waals surface area contributed by atoms with Crippen molar-refractivity contribution >= 4 is 34.3 Å². The van der Waals surface area contributed by atoms with Gasteiger partial charge in [-0.25, -0.2) is 4.79 Å². The number of carboxylic acid groups (broad SMARTS) is 1. The third-order valence-electron chi connectivity index (χ3n) is 10.8. The Morgan fingerprint density at radius 3 is 2.32 bits per heavy atom. The van der Waals surface area contributed by atoms with Gasteiger partial charge in [-0.05, 0) is 84.7 Å². The van der Waals surface area contributed by atoms with Crippen LogP contribution >= 0.6 is 0 Å². The molecule has 6 N–H and O–H groups in total. The summed E-state index contributed by atoms with van der Waals surface area (Å²) in [6, 6.07) is 29.6. The van der Waals surface area contributed by atoms with E-state index in [1.165, 1.54) is 12.1 Å². The minimum Gasteiger partial charge on any atom is -0.506 e. The highest BCUT2D eigenvalue weighted by Crippen LogP contribution is 2.44. The van der Waals surface area contributed by atoms with Crippen molar-refractivity contribution in [3.63, 3.8) is 0 Å². The number of aromatic nitrogens is 1. The largest absolute Gasteiger partial charge is 0.506 e. The average Bonchev–Trinajstić information content (AvgIpc) is 3.17. The molecule has 11 nitrogen and oxygen atoms in total. The lowest BCUT2D eigenvalue weighted by Crippen LogP contribution is -2.62. The molecule has 53 heavy (non-hydrogen) atoms. The predicted octanol–water partition coefficient (Wildman–Crippen LogP) is 6.41. The molecular weight excluding hydrogens is 670 g/mol. The molecule has 1 aromatic heterocycles. The Kier molecular flexibility index (Phi) is 10.6. The number of nitrogens with zero attached hydrogens (tertiary/aromatic N) is 2. The van der Waals surface area contributed by atoms with E-state index in [0.29, 0.717) is 48.0 Å². The van der Waals surface area contributed by atoms with Crippen LogP contribution in [0.1, 0.15) is 54.9 Å². The molecule has 3 fully saturated rings. The summed E-state index contributed by atoms with van der Waals surface area (Å²) in [4.78, 5) is 44.3. The fourth-order valence-corrected chi connectivity index (χ4v) is 7.88. The van der Waals surface area contributed by atoms with Gasteiger partial charge in [-0.15, -0.1) is 0 Å². The maximum Gasteiger partial charge on any atom is 0.412 e. The lowest BCUT2D eigenvalue weighted by Gasteiger charge is -2.53. The van der Waals surface area contributed by atoms with Crippen LogP contribution in [0.25, 0.3) is 22.0 Å². The lowest BCUT2D eigenvalue weighted by molar-refractivity contribution is -0.116. The maximum absolute atomic E-state index is 13.0. The third kappa shape index (κ3) is 7.97. The predicted molar refractivity (Wildman–Crippen MR) is 206 cm³/mol. The minimum atomic E-state index is -0.921. The molecule has 4 aromatic carbocycles. The van der Waals surface area contributed by atoms with E-state index in [0.717, 1.165) is 66.8 Å². The molecule has 2 bridgehead atoms. The molecule has 3 saturated heterocycles. The van der Waals surface area contributed by atoms with Crippen molar-refractivity contribution in [2.45, 2.75) is 56.7 Å². The van der Waals surface area contributed by atoms with E-state index in [4.69, 9.17) is 0 Å². The first kappa shape index (κ1) is 35.9. The van der Waals surface area contributed by atoms with E-state index < -0.39 is 17.7 Å². The summed E-state index contributed by atoms with van der Waals surface area (Å²) in [5.41, 5.74) is 5.39. The zero-order chi connectivity index (χ0) is 37.0. The number of nitrogens with one attached hydrogen (secondary N) is 3. The van der Waals surface area contributed by atoms with Gasteiger partial charge in [0.05, 0.1) is 22.8 Å². The van der Waals surface area contributed by atoms with E-state index in [1.54, 1.807) is 17.0 Å². The van der Waals surface area contributed by atoms with Crippen molar-refractivity contribution in [1.29, 1.82) is 0 Å². The van der Waals surface area contributed by atoms with Gasteiger partial charge < -0.3 is 35.8 Å². The van der Waals surface area contributed by atoms with Crippen molar-refractivity contribution in [2.24, 2.45) is 0 Å². The maximum atomic E-state index is 13.0. The number of fused-ring (bicyclic) bond motifs is 4. The number of aliphatic hydroxyl groups is 1. The topological polar surface area (TPSA) is 158 Å². The summed E-state index contributed by atoms with van der Waals surface area (Å²) in [5, 5.41) is 38.4. The quantitative estimate of drug-likeness (QED) is 0.0817. The first-order valence-electron chi connectivity index (χ1n) is 18.3. The standard InChI is InChI=1S/C42H45N5O6/c48-36-17-15-33(34-16-18-39(51)45-40(34)36)37(49)27-43-26-29-9-12-31(13-10-29)44-38(50)8-4-5-28-11-14-32(30-6-2-1-3-7-30)35(25-28)47(41(52)53)42-19-22-46(23-20-42)24-21-42/h1-3,6-7,9-18,25,37,43,48-49H,4-5,8,19-24,26-27H2,(H,44,50)(H,45,51)(H,52,53)/t37-/m0/s1. The SMILES string of the molecule is O=C(CCCc1ccc(-c2ccccc2)c(N(C(=O)O)C23CCN(CC2)CC3)c1)Nc1ccc(CNC[C@H](O)c2ccc(O)c3[nH]c(=O)ccc23)cc1. The molecule has 11 heteroatoms. The van der Waals surface area contributed by atoms with Crippen molar-refractivity contribution in [2.75, 3.05) is 36.4 Å². The average molecular weight is 716 g/mol. The molecule has 0 radical (unpaired) electrons. The van der Waals surface area contributed by atoms with Gasteiger partial charge in [0.15, 0.2) is 0 Å². The van der Waals surface area contributed by atoms with Gasteiger partial charge in [-0.1, -0.05) is 60.7 Å². The smallest absolute Gasteiger partial charge is 0.412 e. The van der Waals surface area contributed by atoms with E-state index in [-0.39, 0.29) is 23.8 Å². The van der Waals surface area contributed by atoms with Crippen molar-refractivity contribution in [3.05, 3.63) is 124 Å². The molecule has 274 valence electrons. The van der Waals surface area contributed by atoms with Gasteiger partial charge in [0.2, 0.25) is 11.5 Å². The number of benzene rings is 4. The van der Waals surface area contributed by atoms with Crippen LogP contribution in [0, 0.1) is 0 Å². The number of piperidine rings is 3. The number of aromatic amines is 1. The molecular formula is C42H45N5O6. The second-order valence-corrected chi connectivity index (χ2v) is 14.2. The number of rotatable bonds is 13. The Hall–Kier alpha value is -5.49. The lowest BCUT2D eigenvalue weighted by atomic mass is 9.78. The molecule has 3 aliphatic heterocycles. The van der Waals surface area contributed by atoms with Crippen LogP contribution in [0.2, 0.25) is 0 Å². The first-order valence-corrected chi connectivity index (χ1v) is 18.3. The number of aliphatic hydroxyl groups excluding tert-OH is 1. The zero-order valence-electron chi connectivity index (χ0n) is 29.6. The van der Waals surface area contributed by atoms with Crippen molar-refractivity contribution in [3.8, 4) is 16.9 Å². The van der Waals surface area contributed by atoms with E-state index in [9.17, 15) is 29.7 Å². The zero-order valence-corrected chi connectivity index (χ0v) is 29.6. The summed E-state index contributed by atoms with van der Waals surface area (Å²) in [6.07, 6.45) is 2.25. The van der Waals surface area contributed by atoms with Crippen LogP contribution in [0.15, 0.2) is 102 Å². The van der Waals surface area contributed by atoms with Gasteiger partial charge in [-0.2, -0.15) is 0 Å². The first-order chi connectivity index (χ1) is 25.7. The molecule has 0 aliphatic carbocycles. The third-order valence-corrected chi connectivity index (χ3v) is 10.8. The Balaban J connectivity index is 0.939. The molecule has 8 rings (SSSR count). The molecule has 0 unspecified atom stereocenters. The number of amides is 2. The van der Waals surface area contributed by atoms with Gasteiger partial charge in [0.1, 0.15) is 5.75 Å². The van der Waals surface area contributed by atoms with Crippen LogP contribution in [-0.4, -0.2) is 68.9 Å². The summed E-state index contributed by atoms with van der Waals surface area (Å²) in [5.74, 6) is -0.150. The Bertz CT molecular complexity index is 2130. The van der Waals surface area contributed by atoms with E-state index >= 15 is 0 Å². The number of phenols is 1. The van der Waals surface area contributed by atoms with Gasteiger partial charge in [0.25, 0.3) is 0 Å². The number of carbonyl (C=O) groups excluding carboxylic acids is 1. The second kappa shape index (κ2) is 15.6. The van der Waals surface area contributed by atoms with E-state index in [1.807, 2.05) is 72.8 Å². The Morgan fingerprint density at radius 2 is 1.60 bits per heavy atom. The number of aryl methyl sites for hydroxylation is 1. The molecule has 1 atom stereocenters. The van der Waals surface area contributed by atoms with Crippen LogP contribution in [-0.2, 0) is 17.8 Å². The van der Waals surface area contributed by atoms with Gasteiger partial charge in [-0.3, -0.25) is 14.5 Å². The Labute approximate surface area is 307 Å². The fourth-order valence-electron chi connectivity index (χ4n) is 7.88. The number of anilines is 2. The number of hydrogen-bond acceptors (Lipinski definition) is 7. The minimum absolute atomic E-state index is 0.0553. The fraction of sp³-hybridized carbons (Fsp3) is 0.310. The molecule has 0 spiro atoms. The molecule has 5 aromatic rings. The molecule has 2 amide bonds. The van der Waals surface area contributed by atoms with Gasteiger partial charge >= 0.3 is 6.09 Å². The molecule has 0 saturated carbocycles. The summed E-state index contributed by atoms with van der Waals surface area (Å²) in [7, 11) is 0. The highest BCUT2D eigenvalue weighted by molar-refractivity contribution is 5.95. The van der Waals surface area contributed by atoms with Crippen LogP contribution < -0.4 is 21.1 Å². The van der Waals surface area contributed by atoms with Crippen LogP contribution in [0.3, 0.4) is 0 Å². The number of pyridine rings is 1. The molecule has 4 heterocycles. The molecule has 3 aliphatic rings. The number of phenolic OH excluding ortho intramolecular Hbond substituents is 1. The number of carbonyl (C=O) groups is 2. The summed E-state index contributed by atoms with van der Waals surface area (Å²) in [6.45, 7) is 3.47. The van der Waals surface area contributed by atoms with E-state index in [2.05, 4.69) is 20.5 Å². The number of H-pyrrole nitrogens is 1. The normalized spacial score (nSPS) is 18.5. The summed E-state index contributed by atoms with van der Waals surface area (Å²) < 4.78 is 0. The highest BCUT2D eigenvalue weighted by atomic mass is 16.4. The highest BCUT2D eigenvalue weighted by Gasteiger charge is 2.47. The second-order valence-electron chi connectivity index (χ2n) is 14.2. The van der Waals surface area contributed by atoms with Crippen molar-refractivity contribution in [1.82, 2.24) is 15.2 Å². The number of aromatic hydroxyl groups is 1. The monoisotopic (exact) mass is 715 g/mol.